The van der Waals surface area contributed by atoms with Gasteiger partial charge in [0.1, 0.15) is 24.3 Å². The number of hydrogen-bond acceptors (Lipinski definition) is 8. The van der Waals surface area contributed by atoms with Crippen molar-refractivity contribution in [3.8, 4) is 6.07 Å². The number of rotatable bonds is 5. The molecule has 0 bridgehead atoms. The average Bonchev–Trinajstić information content (AvgIpc) is 3.26. The number of ether oxygens (including phenoxy) is 2. The van der Waals surface area contributed by atoms with Crippen LogP contribution in [0.1, 0.15) is 29.5 Å². The SMILES string of the molecule is COC(=O)C1=C(C)NC(N)=C(C(=O)OCc2ccc(F)cc2)C1c1csc2c(C#N)cccc12. The molecule has 0 saturated carbocycles. The Morgan fingerprint density at radius 1 is 1.18 bits per heavy atom. The number of carbonyl (C=O) groups excluding carboxylic acids is 2. The van der Waals surface area contributed by atoms with Gasteiger partial charge in [-0.15, -0.1) is 11.3 Å². The van der Waals surface area contributed by atoms with E-state index in [1.54, 1.807) is 24.4 Å². The third-order valence-electron chi connectivity index (χ3n) is 5.56. The smallest absolute Gasteiger partial charge is 0.339 e. The van der Waals surface area contributed by atoms with E-state index in [-0.39, 0.29) is 23.6 Å². The topological polar surface area (TPSA) is 114 Å². The Balaban J connectivity index is 1.80. The summed E-state index contributed by atoms with van der Waals surface area (Å²) >= 11 is 1.34. The minimum absolute atomic E-state index is 0.0510. The molecule has 1 aliphatic heterocycles. The predicted octanol–water partition coefficient (Wildman–Crippen LogP) is 3.96. The first-order chi connectivity index (χ1) is 16.3. The number of halogens is 1. The van der Waals surface area contributed by atoms with Crippen LogP contribution in [0.15, 0.2) is 70.5 Å². The Morgan fingerprint density at radius 2 is 1.91 bits per heavy atom. The van der Waals surface area contributed by atoms with Crippen LogP contribution in [0.25, 0.3) is 10.1 Å². The van der Waals surface area contributed by atoms with Crippen molar-refractivity contribution in [2.24, 2.45) is 5.73 Å². The highest BCUT2D eigenvalue weighted by atomic mass is 32.1. The molecule has 0 saturated heterocycles. The highest BCUT2D eigenvalue weighted by molar-refractivity contribution is 7.17. The Bertz CT molecular complexity index is 1400. The first-order valence-corrected chi connectivity index (χ1v) is 11.1. The number of nitrogens with zero attached hydrogens (tertiary/aromatic N) is 1. The van der Waals surface area contributed by atoms with E-state index in [0.717, 1.165) is 10.1 Å². The highest BCUT2D eigenvalue weighted by Gasteiger charge is 2.39. The molecule has 1 aliphatic rings. The second-order valence-electron chi connectivity index (χ2n) is 7.60. The zero-order chi connectivity index (χ0) is 24.4. The molecule has 0 radical (unpaired) electrons. The maximum Gasteiger partial charge on any atom is 0.339 e. The molecule has 1 unspecified atom stereocenters. The molecule has 1 aromatic heterocycles. The molecule has 34 heavy (non-hydrogen) atoms. The molecule has 0 fully saturated rings. The van der Waals surface area contributed by atoms with E-state index in [2.05, 4.69) is 11.4 Å². The molecule has 4 rings (SSSR count). The molecular weight excluding hydrogens is 457 g/mol. The van der Waals surface area contributed by atoms with E-state index < -0.39 is 23.7 Å². The third-order valence-corrected chi connectivity index (χ3v) is 6.61. The molecule has 0 aliphatic carbocycles. The summed E-state index contributed by atoms with van der Waals surface area (Å²) in [7, 11) is 1.26. The van der Waals surface area contributed by atoms with E-state index in [1.165, 1.54) is 42.7 Å². The summed E-state index contributed by atoms with van der Waals surface area (Å²) < 4.78 is 24.4. The van der Waals surface area contributed by atoms with Crippen molar-refractivity contribution < 1.29 is 23.5 Å². The lowest BCUT2D eigenvalue weighted by molar-refractivity contribution is -0.140. The molecule has 9 heteroatoms. The monoisotopic (exact) mass is 477 g/mol. The van der Waals surface area contributed by atoms with Gasteiger partial charge < -0.3 is 20.5 Å². The van der Waals surface area contributed by atoms with E-state index in [1.807, 2.05) is 6.07 Å². The normalized spacial score (nSPS) is 15.6. The van der Waals surface area contributed by atoms with Gasteiger partial charge in [0.2, 0.25) is 0 Å². The first kappa shape index (κ1) is 23.0. The Kier molecular flexibility index (Phi) is 6.34. The molecule has 0 spiro atoms. The summed E-state index contributed by atoms with van der Waals surface area (Å²) in [4.78, 5) is 26.1. The highest BCUT2D eigenvalue weighted by Crippen LogP contribution is 2.43. The van der Waals surface area contributed by atoms with Gasteiger partial charge in [0.05, 0.1) is 34.4 Å². The molecule has 3 aromatic rings. The number of nitrogens with one attached hydrogen (secondary N) is 1. The second-order valence-corrected chi connectivity index (χ2v) is 8.48. The van der Waals surface area contributed by atoms with Gasteiger partial charge in [-0.05, 0) is 47.0 Å². The lowest BCUT2D eigenvalue weighted by atomic mass is 9.81. The third kappa shape index (κ3) is 4.11. The van der Waals surface area contributed by atoms with Crippen molar-refractivity contribution in [3.63, 3.8) is 0 Å². The molecular formula is C25H20FN3O4S. The van der Waals surface area contributed by atoms with Crippen LogP contribution in [-0.4, -0.2) is 19.0 Å². The van der Waals surface area contributed by atoms with Crippen LogP contribution >= 0.6 is 11.3 Å². The Morgan fingerprint density at radius 3 is 2.59 bits per heavy atom. The number of esters is 2. The fourth-order valence-corrected chi connectivity index (χ4v) is 5.03. The number of carbonyl (C=O) groups is 2. The number of dihydropyridines is 1. The second kappa shape index (κ2) is 9.37. The van der Waals surface area contributed by atoms with E-state index in [9.17, 15) is 19.2 Å². The summed E-state index contributed by atoms with van der Waals surface area (Å²) in [5.74, 6) is -2.58. The van der Waals surface area contributed by atoms with Crippen LogP contribution in [0, 0.1) is 17.1 Å². The number of methoxy groups -OCH3 is 1. The Labute approximate surface area is 198 Å². The van der Waals surface area contributed by atoms with Gasteiger partial charge in [-0.3, -0.25) is 0 Å². The summed E-state index contributed by atoms with van der Waals surface area (Å²) in [5, 5.41) is 14.9. The van der Waals surface area contributed by atoms with Gasteiger partial charge in [-0.1, -0.05) is 24.3 Å². The van der Waals surface area contributed by atoms with Crippen molar-refractivity contribution in [3.05, 3.63) is 93.0 Å². The molecule has 0 amide bonds. The van der Waals surface area contributed by atoms with Crippen molar-refractivity contribution in [1.82, 2.24) is 5.32 Å². The molecule has 7 nitrogen and oxygen atoms in total. The zero-order valence-electron chi connectivity index (χ0n) is 18.3. The van der Waals surface area contributed by atoms with E-state index in [4.69, 9.17) is 15.2 Å². The fourth-order valence-electron chi connectivity index (χ4n) is 3.97. The summed E-state index contributed by atoms with van der Waals surface area (Å²) in [5.41, 5.74) is 8.67. The van der Waals surface area contributed by atoms with Crippen molar-refractivity contribution in [1.29, 1.82) is 5.26 Å². The van der Waals surface area contributed by atoms with Gasteiger partial charge in [0.15, 0.2) is 0 Å². The maximum absolute atomic E-state index is 13.3. The molecule has 172 valence electrons. The van der Waals surface area contributed by atoms with E-state index >= 15 is 0 Å². The van der Waals surface area contributed by atoms with Gasteiger partial charge in [0.25, 0.3) is 0 Å². The largest absolute Gasteiger partial charge is 0.466 e. The zero-order valence-corrected chi connectivity index (χ0v) is 19.2. The van der Waals surface area contributed by atoms with Crippen LogP contribution in [0.5, 0.6) is 0 Å². The van der Waals surface area contributed by atoms with Crippen LogP contribution in [-0.2, 0) is 25.7 Å². The lowest BCUT2D eigenvalue weighted by Crippen LogP contribution is -2.36. The van der Waals surface area contributed by atoms with Crippen molar-refractivity contribution in [2.75, 3.05) is 7.11 Å². The van der Waals surface area contributed by atoms with Crippen LogP contribution in [0.2, 0.25) is 0 Å². The fraction of sp³-hybridized carbons (Fsp3) is 0.160. The number of benzene rings is 2. The lowest BCUT2D eigenvalue weighted by Gasteiger charge is -2.29. The van der Waals surface area contributed by atoms with Crippen molar-refractivity contribution in [2.45, 2.75) is 19.4 Å². The number of hydrogen-bond donors (Lipinski definition) is 2. The van der Waals surface area contributed by atoms with E-state index in [0.29, 0.717) is 22.4 Å². The van der Waals surface area contributed by atoms with Crippen molar-refractivity contribution >= 4 is 33.4 Å². The Hall–Kier alpha value is -4.16. The van der Waals surface area contributed by atoms with Gasteiger partial charge >= 0.3 is 11.9 Å². The minimum atomic E-state index is -0.878. The molecule has 1 atom stereocenters. The molecule has 3 N–H and O–H groups in total. The number of thiophene rings is 1. The van der Waals surface area contributed by atoms with Crippen LogP contribution < -0.4 is 11.1 Å². The quantitative estimate of drug-likeness (QED) is 0.535. The molecule has 2 aromatic carbocycles. The number of allylic oxidation sites excluding steroid dienone is 1. The number of fused-ring (bicyclic) bond motifs is 1. The number of nitrogens with two attached hydrogens (primary N) is 1. The van der Waals surface area contributed by atoms with Crippen LogP contribution in [0.3, 0.4) is 0 Å². The van der Waals surface area contributed by atoms with Gasteiger partial charge in [0, 0.05) is 5.70 Å². The summed E-state index contributed by atoms with van der Waals surface area (Å²) in [6.07, 6.45) is 0. The van der Waals surface area contributed by atoms with Crippen LogP contribution in [0.4, 0.5) is 4.39 Å². The summed E-state index contributed by atoms with van der Waals surface area (Å²) in [6, 6.07) is 13.0. The molecule has 2 heterocycles. The number of nitriles is 1. The van der Waals surface area contributed by atoms with Gasteiger partial charge in [-0.25, -0.2) is 14.0 Å². The predicted molar refractivity (Wildman–Crippen MR) is 125 cm³/mol. The standard InChI is InChI=1S/C25H20FN3O4S/c1-13-19(24(30)32-2)20(18-12-34-22-15(10-27)4-3-5-17(18)22)21(23(28)29-13)25(31)33-11-14-6-8-16(26)9-7-14/h3-9,12,20,29H,11,28H2,1-2H3. The first-order valence-electron chi connectivity index (χ1n) is 10.2. The maximum atomic E-state index is 13.3. The summed E-state index contributed by atoms with van der Waals surface area (Å²) in [6.45, 7) is 1.56. The van der Waals surface area contributed by atoms with Gasteiger partial charge in [-0.2, -0.15) is 5.26 Å². The minimum Gasteiger partial charge on any atom is -0.466 e. The average molecular weight is 478 g/mol.